The number of anilines is 1. The lowest BCUT2D eigenvalue weighted by Crippen LogP contribution is -2.56. The van der Waals surface area contributed by atoms with Gasteiger partial charge in [-0.15, -0.1) is 0 Å². The molecule has 2 saturated heterocycles. The first-order chi connectivity index (χ1) is 14.8. The van der Waals surface area contributed by atoms with Gasteiger partial charge in [-0.05, 0) is 57.1 Å². The smallest absolute Gasteiger partial charge is 0.416 e. The van der Waals surface area contributed by atoms with Crippen LogP contribution in [-0.2, 0) is 15.7 Å². The Bertz CT molecular complexity index is 700. The first kappa shape index (κ1) is 23.8. The van der Waals surface area contributed by atoms with Crippen molar-refractivity contribution >= 4 is 11.7 Å². The van der Waals surface area contributed by atoms with Crippen molar-refractivity contribution in [1.29, 1.82) is 0 Å². The number of alkyl halides is 4. The van der Waals surface area contributed by atoms with Crippen LogP contribution in [0.3, 0.4) is 0 Å². The molecule has 2 atom stereocenters. The molecule has 2 fully saturated rings. The van der Waals surface area contributed by atoms with Gasteiger partial charge < -0.3 is 9.64 Å². The van der Waals surface area contributed by atoms with E-state index in [4.69, 9.17) is 4.74 Å². The molecule has 0 N–H and O–H groups in total. The standard InChI is InChI=1S/C22H31F4N3O2/c1-2-31-21(30)20(23)19(29-10-4-3-5-11-29)16-27-12-14-28(15-13-27)18-8-6-17(7-9-18)22(24,25)26/h6-9,19-20H,2-5,10-16H2,1H3/t19-,20+/m0/s1. The van der Waals surface area contributed by atoms with E-state index in [2.05, 4.69) is 9.80 Å². The summed E-state index contributed by atoms with van der Waals surface area (Å²) in [5.41, 5.74) is 0.0855. The molecule has 9 heteroatoms. The van der Waals surface area contributed by atoms with Gasteiger partial charge in [0.05, 0.1) is 18.2 Å². The van der Waals surface area contributed by atoms with Crippen LogP contribution in [0.25, 0.3) is 0 Å². The lowest BCUT2D eigenvalue weighted by molar-refractivity contribution is -0.152. The summed E-state index contributed by atoms with van der Waals surface area (Å²) in [6, 6.07) is 4.64. The monoisotopic (exact) mass is 445 g/mol. The molecule has 0 bridgehead atoms. The summed E-state index contributed by atoms with van der Waals surface area (Å²) in [6.45, 7) is 6.37. The topological polar surface area (TPSA) is 36.0 Å². The van der Waals surface area contributed by atoms with Crippen LogP contribution in [0.15, 0.2) is 24.3 Å². The number of carbonyl (C=O) groups excluding carboxylic acids is 1. The van der Waals surface area contributed by atoms with Crippen LogP contribution >= 0.6 is 0 Å². The Morgan fingerprint density at radius 1 is 1.00 bits per heavy atom. The van der Waals surface area contributed by atoms with Gasteiger partial charge >= 0.3 is 12.1 Å². The van der Waals surface area contributed by atoms with E-state index in [1.165, 1.54) is 12.1 Å². The maximum absolute atomic E-state index is 15.0. The third kappa shape index (κ3) is 6.32. The Balaban J connectivity index is 1.59. The van der Waals surface area contributed by atoms with E-state index in [0.717, 1.165) is 50.2 Å². The predicted molar refractivity (Wildman–Crippen MR) is 111 cm³/mol. The highest BCUT2D eigenvalue weighted by molar-refractivity contribution is 5.75. The highest BCUT2D eigenvalue weighted by Crippen LogP contribution is 2.30. The van der Waals surface area contributed by atoms with Crippen molar-refractivity contribution in [2.24, 2.45) is 0 Å². The van der Waals surface area contributed by atoms with Gasteiger partial charge in [-0.25, -0.2) is 9.18 Å². The largest absolute Gasteiger partial charge is 0.464 e. The van der Waals surface area contributed by atoms with Crippen LogP contribution in [0.2, 0.25) is 0 Å². The van der Waals surface area contributed by atoms with E-state index in [1.807, 2.05) is 4.90 Å². The Labute approximate surface area is 180 Å². The minimum atomic E-state index is -4.34. The summed E-state index contributed by atoms with van der Waals surface area (Å²) in [4.78, 5) is 18.3. The first-order valence-electron chi connectivity index (χ1n) is 11.0. The van der Waals surface area contributed by atoms with Crippen molar-refractivity contribution in [2.45, 2.75) is 44.6 Å². The zero-order valence-corrected chi connectivity index (χ0v) is 17.9. The molecule has 2 aliphatic heterocycles. The normalized spacial score (nSPS) is 21.0. The van der Waals surface area contributed by atoms with Gasteiger partial charge in [0.15, 0.2) is 0 Å². The second kappa shape index (κ2) is 10.6. The van der Waals surface area contributed by atoms with Crippen LogP contribution in [0.5, 0.6) is 0 Å². The fourth-order valence-electron chi connectivity index (χ4n) is 4.34. The van der Waals surface area contributed by atoms with E-state index in [-0.39, 0.29) is 6.61 Å². The number of hydrogen-bond donors (Lipinski definition) is 0. The summed E-state index contributed by atoms with van der Waals surface area (Å²) in [5.74, 6) is -0.804. The zero-order valence-electron chi connectivity index (χ0n) is 17.9. The third-order valence-electron chi connectivity index (χ3n) is 6.09. The van der Waals surface area contributed by atoms with Gasteiger partial charge in [-0.2, -0.15) is 13.2 Å². The lowest BCUT2D eigenvalue weighted by atomic mass is 10.0. The summed E-state index contributed by atoms with van der Waals surface area (Å²) in [6.07, 6.45) is -2.93. The highest BCUT2D eigenvalue weighted by Gasteiger charge is 2.36. The number of nitrogens with zero attached hydrogens (tertiary/aromatic N) is 3. The van der Waals surface area contributed by atoms with E-state index < -0.39 is 29.9 Å². The number of rotatable bonds is 7. The number of esters is 1. The molecule has 3 rings (SSSR count). The lowest BCUT2D eigenvalue weighted by Gasteiger charge is -2.41. The fraction of sp³-hybridized carbons (Fsp3) is 0.682. The van der Waals surface area contributed by atoms with Gasteiger partial charge in [0.1, 0.15) is 0 Å². The van der Waals surface area contributed by atoms with E-state index in [9.17, 15) is 18.0 Å². The molecule has 0 radical (unpaired) electrons. The molecule has 2 aliphatic rings. The summed E-state index contributed by atoms with van der Waals surface area (Å²) in [7, 11) is 0. The third-order valence-corrected chi connectivity index (χ3v) is 6.09. The maximum atomic E-state index is 15.0. The maximum Gasteiger partial charge on any atom is 0.416 e. The number of benzene rings is 1. The van der Waals surface area contributed by atoms with Crippen molar-refractivity contribution in [3.05, 3.63) is 29.8 Å². The van der Waals surface area contributed by atoms with E-state index >= 15 is 4.39 Å². The number of likely N-dealkylation sites (tertiary alicyclic amines) is 1. The van der Waals surface area contributed by atoms with Gasteiger partial charge in [0, 0.05) is 38.4 Å². The fourth-order valence-corrected chi connectivity index (χ4v) is 4.34. The second-order valence-electron chi connectivity index (χ2n) is 8.15. The second-order valence-corrected chi connectivity index (χ2v) is 8.15. The minimum absolute atomic E-state index is 0.151. The quantitative estimate of drug-likeness (QED) is 0.474. The Kier molecular flexibility index (Phi) is 8.16. The molecule has 0 amide bonds. The average molecular weight is 446 g/mol. The molecule has 0 spiro atoms. The summed E-state index contributed by atoms with van der Waals surface area (Å²) >= 11 is 0. The van der Waals surface area contributed by atoms with E-state index in [0.29, 0.717) is 32.7 Å². The van der Waals surface area contributed by atoms with Crippen LogP contribution in [0.1, 0.15) is 31.7 Å². The number of hydrogen-bond acceptors (Lipinski definition) is 5. The number of carbonyl (C=O) groups is 1. The van der Waals surface area contributed by atoms with Crippen LogP contribution in [0, 0.1) is 0 Å². The molecule has 0 aromatic heterocycles. The molecule has 31 heavy (non-hydrogen) atoms. The molecular weight excluding hydrogens is 414 g/mol. The Hall–Kier alpha value is -1.87. The van der Waals surface area contributed by atoms with Gasteiger partial charge in [0.2, 0.25) is 6.17 Å². The van der Waals surface area contributed by atoms with Crippen LogP contribution in [-0.4, -0.2) is 80.4 Å². The van der Waals surface area contributed by atoms with E-state index in [1.54, 1.807) is 6.92 Å². The van der Waals surface area contributed by atoms with Crippen LogP contribution in [0.4, 0.5) is 23.2 Å². The van der Waals surface area contributed by atoms with Crippen molar-refractivity contribution in [2.75, 3.05) is 57.3 Å². The Morgan fingerprint density at radius 2 is 1.61 bits per heavy atom. The molecule has 5 nitrogen and oxygen atoms in total. The van der Waals surface area contributed by atoms with Crippen molar-refractivity contribution < 1.29 is 27.1 Å². The number of piperazine rings is 1. The molecule has 0 unspecified atom stereocenters. The molecular formula is C22H31F4N3O2. The van der Waals surface area contributed by atoms with Gasteiger partial charge in [-0.1, -0.05) is 6.42 Å². The van der Waals surface area contributed by atoms with Crippen molar-refractivity contribution in [1.82, 2.24) is 9.80 Å². The number of ether oxygens (including phenoxy) is 1. The minimum Gasteiger partial charge on any atom is -0.464 e. The highest BCUT2D eigenvalue weighted by atomic mass is 19.4. The summed E-state index contributed by atoms with van der Waals surface area (Å²) < 4.78 is 58.3. The molecule has 2 heterocycles. The van der Waals surface area contributed by atoms with Gasteiger partial charge in [0.25, 0.3) is 0 Å². The molecule has 0 saturated carbocycles. The summed E-state index contributed by atoms with van der Waals surface area (Å²) in [5, 5.41) is 0. The van der Waals surface area contributed by atoms with Crippen molar-refractivity contribution in [3.63, 3.8) is 0 Å². The van der Waals surface area contributed by atoms with Crippen LogP contribution < -0.4 is 4.90 Å². The zero-order chi connectivity index (χ0) is 22.4. The molecule has 1 aromatic carbocycles. The predicted octanol–water partition coefficient (Wildman–Crippen LogP) is 3.58. The number of halogens is 4. The SMILES string of the molecule is CCOC(=O)[C@H](F)[C@H](CN1CCN(c2ccc(C(F)(F)F)cc2)CC1)N1CCCCC1. The molecule has 0 aliphatic carbocycles. The molecule has 174 valence electrons. The van der Waals surface area contributed by atoms with Gasteiger partial charge in [-0.3, -0.25) is 9.80 Å². The number of piperidine rings is 1. The van der Waals surface area contributed by atoms with Crippen molar-refractivity contribution in [3.8, 4) is 0 Å². The first-order valence-corrected chi connectivity index (χ1v) is 11.0. The average Bonchev–Trinajstić information content (AvgIpc) is 2.78. The Morgan fingerprint density at radius 3 is 2.16 bits per heavy atom. The molecule has 1 aromatic rings.